The molecule has 8 nitrogen and oxygen atoms in total. The largest absolute Gasteiger partial charge is 0.496 e. The van der Waals surface area contributed by atoms with Gasteiger partial charge in [0, 0.05) is 37.9 Å². The number of aliphatic hydroxyl groups is 1. The Labute approximate surface area is 313 Å². The average Bonchev–Trinajstić information content (AvgIpc) is 3.16. The van der Waals surface area contributed by atoms with Crippen LogP contribution in [0.1, 0.15) is 65.1 Å². The number of ether oxygens (including phenoxy) is 6. The van der Waals surface area contributed by atoms with E-state index in [1.807, 2.05) is 75.4 Å². The molecule has 1 atom stereocenters. The van der Waals surface area contributed by atoms with Gasteiger partial charge >= 0.3 is 0 Å². The fourth-order valence-electron chi connectivity index (χ4n) is 6.58. The third-order valence-corrected chi connectivity index (χ3v) is 9.36. The summed E-state index contributed by atoms with van der Waals surface area (Å²) in [6.07, 6.45) is 0.529. The van der Waals surface area contributed by atoms with Crippen LogP contribution in [0, 0.1) is 20.8 Å². The zero-order valence-electron chi connectivity index (χ0n) is 33.0. The summed E-state index contributed by atoms with van der Waals surface area (Å²) in [5.41, 5.74) is 5.99. The van der Waals surface area contributed by atoms with E-state index in [1.165, 1.54) is 5.56 Å². The molecule has 0 amide bonds. The number of aliphatic hydroxyl groups excluding tert-OH is 1. The third-order valence-electron chi connectivity index (χ3n) is 9.36. The average molecular weight is 721 g/mol. The Hall–Kier alpha value is -5.47. The maximum absolute atomic E-state index is 11.4. The van der Waals surface area contributed by atoms with Crippen LogP contribution < -0.4 is 28.4 Å². The lowest BCUT2D eigenvalue weighted by Crippen LogP contribution is -1.96. The van der Waals surface area contributed by atoms with Crippen LogP contribution in [0.3, 0.4) is 0 Å². The molecule has 0 aliphatic rings. The quantitative estimate of drug-likeness (QED) is 0.148. The van der Waals surface area contributed by atoms with Gasteiger partial charge in [0.15, 0.2) is 5.78 Å². The summed E-state index contributed by atoms with van der Waals surface area (Å²) in [5.74, 6) is 5.11. The molecule has 1 N–H and O–H groups in total. The van der Waals surface area contributed by atoms with Crippen LogP contribution in [0.4, 0.5) is 0 Å². The van der Waals surface area contributed by atoms with Crippen LogP contribution in [0.15, 0.2) is 72.8 Å². The van der Waals surface area contributed by atoms with E-state index in [0.717, 1.165) is 95.5 Å². The van der Waals surface area contributed by atoms with Crippen molar-refractivity contribution in [2.45, 2.75) is 54.1 Å². The van der Waals surface area contributed by atoms with Gasteiger partial charge in [-0.15, -0.1) is 0 Å². The first-order valence-corrected chi connectivity index (χ1v) is 17.5. The van der Waals surface area contributed by atoms with Crippen molar-refractivity contribution in [3.05, 3.63) is 106 Å². The summed E-state index contributed by atoms with van der Waals surface area (Å²) in [7, 11) is 10.0. The highest BCUT2D eigenvalue weighted by Gasteiger charge is 2.15. The number of ketones is 1. The highest BCUT2D eigenvalue weighted by atomic mass is 16.5. The first kappa shape index (κ1) is 40.3. The summed E-state index contributed by atoms with van der Waals surface area (Å²) < 4.78 is 32.6. The second-order valence-corrected chi connectivity index (χ2v) is 12.8. The SMILES string of the molecule is CCc1ccc2c(OC)c(C)cc(OC)c2c1.COc1cc(C)c(OC)c2ccc(C(C)=O)cc12.COc1cc(C)c(OC)c2ccc(C(C)O)cc12. The zero-order valence-corrected chi connectivity index (χ0v) is 33.0. The van der Waals surface area contributed by atoms with Gasteiger partial charge < -0.3 is 33.5 Å². The van der Waals surface area contributed by atoms with E-state index >= 15 is 0 Å². The van der Waals surface area contributed by atoms with E-state index in [2.05, 4.69) is 25.1 Å². The normalized spacial score (nSPS) is 11.2. The van der Waals surface area contributed by atoms with E-state index in [9.17, 15) is 9.90 Å². The Kier molecular flexibility index (Phi) is 13.6. The summed E-state index contributed by atoms with van der Waals surface area (Å²) in [4.78, 5) is 11.4. The molecule has 0 aromatic heterocycles. The molecule has 0 bridgehead atoms. The van der Waals surface area contributed by atoms with Gasteiger partial charge in [-0.25, -0.2) is 0 Å². The second kappa shape index (κ2) is 17.8. The fourth-order valence-corrected chi connectivity index (χ4v) is 6.58. The van der Waals surface area contributed by atoms with Crippen molar-refractivity contribution in [1.82, 2.24) is 0 Å². The molecule has 0 spiro atoms. The molecule has 0 fully saturated rings. The van der Waals surface area contributed by atoms with Crippen LogP contribution in [0.5, 0.6) is 34.5 Å². The van der Waals surface area contributed by atoms with Gasteiger partial charge in [-0.05, 0) is 111 Å². The highest BCUT2D eigenvalue weighted by Crippen LogP contribution is 2.39. The van der Waals surface area contributed by atoms with E-state index in [-0.39, 0.29) is 5.78 Å². The molecule has 6 aromatic carbocycles. The third kappa shape index (κ3) is 8.61. The lowest BCUT2D eigenvalue weighted by Gasteiger charge is -2.14. The van der Waals surface area contributed by atoms with E-state index in [1.54, 1.807) is 56.5 Å². The topological polar surface area (TPSA) is 92.7 Å². The minimum absolute atomic E-state index is 0.0403. The summed E-state index contributed by atoms with van der Waals surface area (Å²) in [6.45, 7) is 11.5. The zero-order chi connectivity index (χ0) is 39.0. The first-order valence-electron chi connectivity index (χ1n) is 17.5. The molecule has 0 aliphatic carbocycles. The lowest BCUT2D eigenvalue weighted by atomic mass is 10.0. The maximum atomic E-state index is 11.4. The Morgan fingerprint density at radius 3 is 1.32 bits per heavy atom. The molecular formula is C45H52O8. The van der Waals surface area contributed by atoms with E-state index < -0.39 is 6.10 Å². The van der Waals surface area contributed by atoms with Crippen molar-refractivity contribution < 1.29 is 38.3 Å². The number of rotatable bonds is 9. The van der Waals surface area contributed by atoms with Crippen molar-refractivity contribution >= 4 is 38.1 Å². The molecule has 0 aliphatic heterocycles. The molecule has 6 aromatic rings. The molecule has 8 heteroatoms. The van der Waals surface area contributed by atoms with Crippen LogP contribution in [-0.2, 0) is 6.42 Å². The summed E-state index contributed by atoms with van der Waals surface area (Å²) in [5, 5.41) is 15.7. The van der Waals surface area contributed by atoms with Gasteiger partial charge in [0.2, 0.25) is 0 Å². The van der Waals surface area contributed by atoms with Gasteiger partial charge in [-0.3, -0.25) is 4.79 Å². The summed E-state index contributed by atoms with van der Waals surface area (Å²) in [6, 6.07) is 23.7. The number of methoxy groups -OCH3 is 6. The number of hydrogen-bond donors (Lipinski definition) is 1. The van der Waals surface area contributed by atoms with Gasteiger partial charge in [-0.2, -0.15) is 0 Å². The molecule has 0 radical (unpaired) electrons. The number of aryl methyl sites for hydroxylation is 4. The van der Waals surface area contributed by atoms with Gasteiger partial charge in [0.1, 0.15) is 34.5 Å². The van der Waals surface area contributed by atoms with Gasteiger partial charge in [0.05, 0.1) is 48.8 Å². The van der Waals surface area contributed by atoms with Crippen LogP contribution in [0.25, 0.3) is 32.3 Å². The second-order valence-electron chi connectivity index (χ2n) is 12.8. The maximum Gasteiger partial charge on any atom is 0.159 e. The molecule has 6 rings (SSSR count). The predicted octanol–water partition coefficient (Wildman–Crippen LogP) is 10.3. The first-order chi connectivity index (χ1) is 25.4. The monoisotopic (exact) mass is 720 g/mol. The number of fused-ring (bicyclic) bond motifs is 3. The minimum atomic E-state index is -0.494. The van der Waals surface area contributed by atoms with E-state index in [0.29, 0.717) is 5.56 Å². The van der Waals surface area contributed by atoms with Gasteiger partial charge in [0.25, 0.3) is 0 Å². The molecule has 53 heavy (non-hydrogen) atoms. The Morgan fingerprint density at radius 2 is 0.943 bits per heavy atom. The Balaban J connectivity index is 0.000000178. The van der Waals surface area contributed by atoms with Crippen molar-refractivity contribution in [3.8, 4) is 34.5 Å². The van der Waals surface area contributed by atoms with Crippen molar-refractivity contribution in [2.24, 2.45) is 0 Å². The molecule has 1 unspecified atom stereocenters. The molecule has 0 saturated heterocycles. The predicted molar refractivity (Wildman–Crippen MR) is 215 cm³/mol. The van der Waals surface area contributed by atoms with Crippen LogP contribution in [0.2, 0.25) is 0 Å². The minimum Gasteiger partial charge on any atom is -0.496 e. The van der Waals surface area contributed by atoms with Crippen LogP contribution in [-0.4, -0.2) is 53.5 Å². The number of carbonyl (C=O) groups is 1. The number of hydrogen-bond acceptors (Lipinski definition) is 8. The smallest absolute Gasteiger partial charge is 0.159 e. The molecule has 280 valence electrons. The van der Waals surface area contributed by atoms with Crippen molar-refractivity contribution in [3.63, 3.8) is 0 Å². The Bertz CT molecular complexity index is 2240. The number of benzene rings is 6. The highest BCUT2D eigenvalue weighted by molar-refractivity contribution is 6.02. The van der Waals surface area contributed by atoms with Crippen molar-refractivity contribution in [1.29, 1.82) is 0 Å². The standard InChI is InChI=1S/C15H18O3.C15H16O3.C15H18O2/c2*1-9-7-14(17-3)13-8-11(10(2)16)5-6-12(13)15(9)18-4;1-5-11-6-7-12-13(9-11)14(16-3)8-10(2)15(12)17-4/h5-8,10,16H,1-4H3;5-8H,1-4H3;6-9H,5H2,1-4H3. The molecular weight excluding hydrogens is 668 g/mol. The molecule has 0 saturated carbocycles. The lowest BCUT2D eigenvalue weighted by molar-refractivity contribution is 0.101. The van der Waals surface area contributed by atoms with Crippen LogP contribution >= 0.6 is 0 Å². The Morgan fingerprint density at radius 1 is 0.547 bits per heavy atom. The number of Topliss-reactive ketones (excluding diaryl/α,β-unsaturated/α-hetero) is 1. The van der Waals surface area contributed by atoms with Crippen molar-refractivity contribution in [2.75, 3.05) is 42.7 Å². The molecule has 0 heterocycles. The number of carbonyl (C=O) groups excluding carboxylic acids is 1. The fraction of sp³-hybridized carbons (Fsp3) is 0.311. The summed E-state index contributed by atoms with van der Waals surface area (Å²) >= 11 is 0. The van der Waals surface area contributed by atoms with E-state index in [4.69, 9.17) is 28.4 Å². The van der Waals surface area contributed by atoms with Gasteiger partial charge in [-0.1, -0.05) is 37.3 Å².